The highest BCUT2D eigenvalue weighted by molar-refractivity contribution is 5.65. The zero-order valence-corrected chi connectivity index (χ0v) is 15.4. The molecule has 2 N–H and O–H groups in total. The molecule has 1 aromatic heterocycles. The molecule has 6 nitrogen and oxygen atoms in total. The third kappa shape index (κ3) is 4.67. The first-order valence-corrected chi connectivity index (χ1v) is 8.99. The predicted molar refractivity (Wildman–Crippen MR) is 113 cm³/mol. The van der Waals surface area contributed by atoms with E-state index in [4.69, 9.17) is 4.74 Å². The zero-order chi connectivity index (χ0) is 19.9. The molecule has 0 bridgehead atoms. The van der Waals surface area contributed by atoms with E-state index in [-0.39, 0.29) is 0 Å². The van der Waals surface area contributed by atoms with Crippen molar-refractivity contribution >= 4 is 23.1 Å². The van der Waals surface area contributed by atoms with Gasteiger partial charge in [-0.25, -0.2) is 4.98 Å². The molecule has 0 fully saturated rings. The Kier molecular flexibility index (Phi) is 5.31. The number of para-hydroxylation sites is 2. The van der Waals surface area contributed by atoms with Crippen LogP contribution in [0.3, 0.4) is 0 Å². The Balaban J connectivity index is 1.44. The largest absolute Gasteiger partial charge is 0.457 e. The fraction of sp³-hybridized carbons (Fsp3) is 0. The molecule has 0 saturated carbocycles. The Morgan fingerprint density at radius 1 is 0.759 bits per heavy atom. The SMILES string of the molecule is N#Cc1ccccc1Nc1ccnc(Nc2ccc(Oc3ccccc3)cc2)n1. The molecule has 0 amide bonds. The smallest absolute Gasteiger partial charge is 0.229 e. The second-order valence-corrected chi connectivity index (χ2v) is 6.11. The van der Waals surface area contributed by atoms with E-state index in [1.165, 1.54) is 0 Å². The van der Waals surface area contributed by atoms with Crippen molar-refractivity contribution in [3.8, 4) is 17.6 Å². The molecule has 6 heteroatoms. The zero-order valence-electron chi connectivity index (χ0n) is 15.4. The van der Waals surface area contributed by atoms with Crippen LogP contribution in [0, 0.1) is 11.3 Å². The molecule has 1 heterocycles. The second kappa shape index (κ2) is 8.55. The van der Waals surface area contributed by atoms with E-state index < -0.39 is 0 Å². The number of nitrogens with one attached hydrogen (secondary N) is 2. The molecule has 4 rings (SSSR count). The Morgan fingerprint density at radius 3 is 2.28 bits per heavy atom. The van der Waals surface area contributed by atoms with Crippen LogP contribution in [0.1, 0.15) is 5.56 Å². The average molecular weight is 379 g/mol. The van der Waals surface area contributed by atoms with Gasteiger partial charge in [-0.15, -0.1) is 0 Å². The topological polar surface area (TPSA) is 82.9 Å². The van der Waals surface area contributed by atoms with Crippen molar-refractivity contribution in [1.82, 2.24) is 9.97 Å². The van der Waals surface area contributed by atoms with Crippen LogP contribution in [-0.2, 0) is 0 Å². The molecule has 0 spiro atoms. The van der Waals surface area contributed by atoms with Crippen LogP contribution < -0.4 is 15.4 Å². The lowest BCUT2D eigenvalue weighted by atomic mass is 10.2. The maximum atomic E-state index is 9.22. The molecule has 0 aliphatic rings. The molecule has 0 atom stereocenters. The van der Waals surface area contributed by atoms with Gasteiger partial charge in [0.15, 0.2) is 0 Å². The summed E-state index contributed by atoms with van der Waals surface area (Å²) in [6.45, 7) is 0. The van der Waals surface area contributed by atoms with Crippen LogP contribution in [0.2, 0.25) is 0 Å². The molecular formula is C23H17N5O. The average Bonchev–Trinajstić information content (AvgIpc) is 2.77. The molecule has 29 heavy (non-hydrogen) atoms. The highest BCUT2D eigenvalue weighted by Crippen LogP contribution is 2.24. The summed E-state index contributed by atoms with van der Waals surface area (Å²) in [5.74, 6) is 2.56. The molecule has 0 saturated heterocycles. The summed E-state index contributed by atoms with van der Waals surface area (Å²) in [5.41, 5.74) is 2.08. The van der Waals surface area contributed by atoms with Gasteiger partial charge in [-0.3, -0.25) is 0 Å². The van der Waals surface area contributed by atoms with E-state index in [1.54, 1.807) is 18.3 Å². The van der Waals surface area contributed by atoms with Crippen molar-refractivity contribution in [3.05, 3.63) is 96.7 Å². The van der Waals surface area contributed by atoms with Gasteiger partial charge in [-0.2, -0.15) is 10.2 Å². The van der Waals surface area contributed by atoms with Crippen molar-refractivity contribution in [2.45, 2.75) is 0 Å². The number of aromatic nitrogens is 2. The highest BCUT2D eigenvalue weighted by Gasteiger charge is 2.05. The third-order valence-corrected chi connectivity index (χ3v) is 4.06. The number of rotatable bonds is 6. The monoisotopic (exact) mass is 379 g/mol. The fourth-order valence-corrected chi connectivity index (χ4v) is 2.68. The number of hydrogen-bond donors (Lipinski definition) is 2. The van der Waals surface area contributed by atoms with Gasteiger partial charge in [-0.05, 0) is 54.6 Å². The van der Waals surface area contributed by atoms with Crippen molar-refractivity contribution in [2.75, 3.05) is 10.6 Å². The summed E-state index contributed by atoms with van der Waals surface area (Å²) in [6, 6.07) is 28.3. The van der Waals surface area contributed by atoms with Gasteiger partial charge >= 0.3 is 0 Å². The number of anilines is 4. The van der Waals surface area contributed by atoms with Crippen LogP contribution in [0.25, 0.3) is 0 Å². The summed E-state index contributed by atoms with van der Waals surface area (Å²) in [4.78, 5) is 8.71. The first kappa shape index (κ1) is 18.0. The minimum atomic E-state index is 0.446. The van der Waals surface area contributed by atoms with E-state index >= 15 is 0 Å². The van der Waals surface area contributed by atoms with Gasteiger partial charge in [0, 0.05) is 11.9 Å². The number of benzene rings is 3. The van der Waals surface area contributed by atoms with E-state index in [1.807, 2.05) is 72.8 Å². The fourth-order valence-electron chi connectivity index (χ4n) is 2.68. The standard InChI is InChI=1S/C23H17N5O/c24-16-17-6-4-5-9-21(17)27-22-14-15-25-23(28-22)26-18-10-12-20(13-11-18)29-19-7-2-1-3-8-19/h1-15H,(H2,25,26,27,28). The van der Waals surface area contributed by atoms with Crippen LogP contribution in [-0.4, -0.2) is 9.97 Å². The van der Waals surface area contributed by atoms with E-state index in [9.17, 15) is 5.26 Å². The first-order chi connectivity index (χ1) is 14.3. The van der Waals surface area contributed by atoms with E-state index in [2.05, 4.69) is 26.7 Å². The summed E-state index contributed by atoms with van der Waals surface area (Å²) >= 11 is 0. The summed E-state index contributed by atoms with van der Waals surface area (Å²) < 4.78 is 5.80. The molecular weight excluding hydrogens is 362 g/mol. The van der Waals surface area contributed by atoms with Gasteiger partial charge < -0.3 is 15.4 Å². The molecule has 0 aliphatic carbocycles. The molecule has 140 valence electrons. The molecule has 0 unspecified atom stereocenters. The summed E-state index contributed by atoms with van der Waals surface area (Å²) in [6.07, 6.45) is 1.65. The lowest BCUT2D eigenvalue weighted by Gasteiger charge is -2.10. The molecule has 4 aromatic rings. The molecule has 0 aliphatic heterocycles. The van der Waals surface area contributed by atoms with Crippen molar-refractivity contribution in [1.29, 1.82) is 5.26 Å². The van der Waals surface area contributed by atoms with Gasteiger partial charge in [0.05, 0.1) is 11.3 Å². The van der Waals surface area contributed by atoms with Crippen molar-refractivity contribution < 1.29 is 4.74 Å². The van der Waals surface area contributed by atoms with E-state index in [0.717, 1.165) is 17.2 Å². The Morgan fingerprint density at radius 2 is 1.48 bits per heavy atom. The minimum Gasteiger partial charge on any atom is -0.457 e. The normalized spacial score (nSPS) is 10.0. The number of ether oxygens (including phenoxy) is 1. The number of nitrogens with zero attached hydrogens (tertiary/aromatic N) is 3. The lowest BCUT2D eigenvalue weighted by Crippen LogP contribution is -2.01. The van der Waals surface area contributed by atoms with Crippen LogP contribution in [0.4, 0.5) is 23.1 Å². The number of hydrogen-bond acceptors (Lipinski definition) is 6. The Hall–Kier alpha value is -4.37. The van der Waals surface area contributed by atoms with Gasteiger partial charge in [0.25, 0.3) is 0 Å². The third-order valence-electron chi connectivity index (χ3n) is 4.06. The summed E-state index contributed by atoms with van der Waals surface area (Å²) in [7, 11) is 0. The first-order valence-electron chi connectivity index (χ1n) is 8.99. The predicted octanol–water partition coefficient (Wildman–Crippen LogP) is 5.63. The second-order valence-electron chi connectivity index (χ2n) is 6.11. The van der Waals surface area contributed by atoms with Crippen molar-refractivity contribution in [3.63, 3.8) is 0 Å². The van der Waals surface area contributed by atoms with Crippen LogP contribution >= 0.6 is 0 Å². The minimum absolute atomic E-state index is 0.446. The lowest BCUT2D eigenvalue weighted by molar-refractivity contribution is 0.483. The van der Waals surface area contributed by atoms with Crippen LogP contribution in [0.15, 0.2) is 91.1 Å². The van der Waals surface area contributed by atoms with Gasteiger partial charge in [-0.1, -0.05) is 30.3 Å². The van der Waals surface area contributed by atoms with Crippen molar-refractivity contribution in [2.24, 2.45) is 0 Å². The maximum Gasteiger partial charge on any atom is 0.229 e. The van der Waals surface area contributed by atoms with E-state index in [0.29, 0.717) is 23.0 Å². The summed E-state index contributed by atoms with van der Waals surface area (Å²) in [5, 5.41) is 15.5. The molecule has 3 aromatic carbocycles. The number of nitriles is 1. The van der Waals surface area contributed by atoms with Crippen LogP contribution in [0.5, 0.6) is 11.5 Å². The van der Waals surface area contributed by atoms with Gasteiger partial charge in [0.1, 0.15) is 23.4 Å². The highest BCUT2D eigenvalue weighted by atomic mass is 16.5. The Bertz CT molecular complexity index is 1140. The maximum absolute atomic E-state index is 9.22. The van der Waals surface area contributed by atoms with Gasteiger partial charge in [0.2, 0.25) is 5.95 Å². The Labute approximate surface area is 168 Å². The quantitative estimate of drug-likeness (QED) is 0.452. The molecule has 0 radical (unpaired) electrons.